The van der Waals surface area contributed by atoms with Crippen LogP contribution >= 0.6 is 0 Å². The molecule has 3 N–H and O–H groups in total. The van der Waals surface area contributed by atoms with Crippen LogP contribution in [-0.2, 0) is 0 Å². The van der Waals surface area contributed by atoms with Gasteiger partial charge >= 0.3 is 6.18 Å². The third kappa shape index (κ3) is 5.27. The lowest BCUT2D eigenvalue weighted by molar-refractivity contribution is -0.148. The smallest absolute Gasteiger partial charge is 0.401 e. The van der Waals surface area contributed by atoms with Gasteiger partial charge in [0.2, 0.25) is 0 Å². The average molecular weight is 370 g/mol. The number of aliphatic imine (C=N–C) groups is 1. The Balaban J connectivity index is 1.47. The summed E-state index contributed by atoms with van der Waals surface area (Å²) in [7, 11) is 0. The van der Waals surface area contributed by atoms with Crippen molar-refractivity contribution in [2.75, 3.05) is 32.8 Å². The molecule has 0 aliphatic carbocycles. The topological polar surface area (TPSA) is 62.9 Å². The first-order chi connectivity index (χ1) is 12.4. The standard InChI is InChI=1S/C18H25F3N4O/c19-18(20,21)12-25-8-5-13(6-9-25)11-23-17(22)24-15-7-10-26-16-4-2-1-3-14(15)16/h1-4,13,15H,5-12H2,(H3,22,23,24). The van der Waals surface area contributed by atoms with Crippen LogP contribution < -0.4 is 15.8 Å². The van der Waals surface area contributed by atoms with Gasteiger partial charge in [0, 0.05) is 18.5 Å². The molecule has 0 bridgehead atoms. The third-order valence-corrected chi connectivity index (χ3v) is 4.91. The number of para-hydroxylation sites is 1. The number of hydrogen-bond acceptors (Lipinski definition) is 3. The molecule has 1 atom stereocenters. The zero-order chi connectivity index (χ0) is 18.6. The zero-order valence-electron chi connectivity index (χ0n) is 14.6. The SMILES string of the molecule is NC(=NCC1CCN(CC(F)(F)F)CC1)NC1CCOc2ccccc21. The van der Waals surface area contributed by atoms with Gasteiger partial charge in [0.15, 0.2) is 5.96 Å². The molecule has 2 aliphatic rings. The van der Waals surface area contributed by atoms with Crippen LogP contribution in [0.15, 0.2) is 29.3 Å². The summed E-state index contributed by atoms with van der Waals surface area (Å²) in [4.78, 5) is 5.88. The Hall–Kier alpha value is -1.96. The second-order valence-electron chi connectivity index (χ2n) is 6.93. The molecule has 0 spiro atoms. The number of ether oxygens (including phenoxy) is 1. The Kier molecular flexibility index (Phi) is 5.90. The molecule has 1 aromatic rings. The number of alkyl halides is 3. The van der Waals surface area contributed by atoms with Gasteiger partial charge in [-0.2, -0.15) is 13.2 Å². The van der Waals surface area contributed by atoms with Crippen molar-refractivity contribution in [3.05, 3.63) is 29.8 Å². The minimum atomic E-state index is -4.13. The summed E-state index contributed by atoms with van der Waals surface area (Å²) >= 11 is 0. The molecule has 1 aromatic carbocycles. The number of likely N-dealkylation sites (tertiary alicyclic amines) is 1. The number of rotatable bonds is 4. The monoisotopic (exact) mass is 370 g/mol. The number of hydrogen-bond donors (Lipinski definition) is 2. The van der Waals surface area contributed by atoms with E-state index in [1.807, 2.05) is 24.3 Å². The quantitative estimate of drug-likeness (QED) is 0.632. The van der Waals surface area contributed by atoms with Crippen molar-refractivity contribution >= 4 is 5.96 Å². The van der Waals surface area contributed by atoms with E-state index in [0.717, 1.165) is 17.7 Å². The van der Waals surface area contributed by atoms with Crippen LogP contribution in [0.25, 0.3) is 0 Å². The fraction of sp³-hybridized carbons (Fsp3) is 0.611. The van der Waals surface area contributed by atoms with Crippen molar-refractivity contribution in [2.45, 2.75) is 31.5 Å². The molecule has 2 aliphatic heterocycles. The van der Waals surface area contributed by atoms with Crippen molar-refractivity contribution in [3.8, 4) is 5.75 Å². The maximum absolute atomic E-state index is 12.4. The highest BCUT2D eigenvalue weighted by Crippen LogP contribution is 2.31. The van der Waals surface area contributed by atoms with E-state index >= 15 is 0 Å². The average Bonchev–Trinajstić information content (AvgIpc) is 2.60. The Morgan fingerprint density at radius 2 is 1.96 bits per heavy atom. The minimum absolute atomic E-state index is 0.0670. The summed E-state index contributed by atoms with van der Waals surface area (Å²) in [6.07, 6.45) is -1.89. The number of nitrogens with one attached hydrogen (secondary N) is 1. The molecule has 1 fully saturated rings. The third-order valence-electron chi connectivity index (χ3n) is 4.91. The molecule has 3 rings (SSSR count). The van der Waals surface area contributed by atoms with E-state index in [9.17, 15) is 13.2 Å². The van der Waals surface area contributed by atoms with Crippen molar-refractivity contribution < 1.29 is 17.9 Å². The Labute approximate surface area is 151 Å². The van der Waals surface area contributed by atoms with Gasteiger partial charge in [-0.1, -0.05) is 18.2 Å². The van der Waals surface area contributed by atoms with Gasteiger partial charge in [0.05, 0.1) is 19.2 Å². The normalized spacial score (nSPS) is 22.6. The number of piperidine rings is 1. The fourth-order valence-corrected chi connectivity index (χ4v) is 3.52. The molecule has 0 aromatic heterocycles. The summed E-state index contributed by atoms with van der Waals surface area (Å²) < 4.78 is 42.9. The highest BCUT2D eigenvalue weighted by Gasteiger charge is 2.32. The number of nitrogens with zero attached hydrogens (tertiary/aromatic N) is 2. The summed E-state index contributed by atoms with van der Waals surface area (Å²) in [5.41, 5.74) is 7.10. The van der Waals surface area contributed by atoms with Gasteiger partial charge < -0.3 is 15.8 Å². The first kappa shape index (κ1) is 18.8. The highest BCUT2D eigenvalue weighted by atomic mass is 19.4. The molecule has 26 heavy (non-hydrogen) atoms. The summed E-state index contributed by atoms with van der Waals surface area (Å²) in [6, 6.07) is 7.91. The predicted molar refractivity (Wildman–Crippen MR) is 94.1 cm³/mol. The van der Waals surface area contributed by atoms with Gasteiger partial charge in [0.1, 0.15) is 5.75 Å². The zero-order valence-corrected chi connectivity index (χ0v) is 14.6. The van der Waals surface area contributed by atoms with Crippen molar-refractivity contribution in [1.29, 1.82) is 0 Å². The maximum atomic E-state index is 12.4. The van der Waals surface area contributed by atoms with Crippen molar-refractivity contribution in [2.24, 2.45) is 16.6 Å². The Morgan fingerprint density at radius 1 is 1.23 bits per heavy atom. The van der Waals surface area contributed by atoms with E-state index in [0.29, 0.717) is 45.0 Å². The lowest BCUT2D eigenvalue weighted by Crippen LogP contribution is -2.41. The van der Waals surface area contributed by atoms with E-state index in [-0.39, 0.29) is 12.0 Å². The summed E-state index contributed by atoms with van der Waals surface area (Å²) in [5, 5.41) is 3.24. The Morgan fingerprint density at radius 3 is 2.69 bits per heavy atom. The number of halogens is 3. The number of fused-ring (bicyclic) bond motifs is 1. The van der Waals surface area contributed by atoms with Gasteiger partial charge in [-0.05, 0) is 37.9 Å². The van der Waals surface area contributed by atoms with Crippen molar-refractivity contribution in [1.82, 2.24) is 10.2 Å². The molecule has 0 radical (unpaired) electrons. The van der Waals surface area contributed by atoms with Crippen LogP contribution in [0.2, 0.25) is 0 Å². The van der Waals surface area contributed by atoms with E-state index in [2.05, 4.69) is 10.3 Å². The van der Waals surface area contributed by atoms with Crippen LogP contribution in [0, 0.1) is 5.92 Å². The lowest BCUT2D eigenvalue weighted by atomic mass is 9.97. The van der Waals surface area contributed by atoms with Crippen LogP contribution in [0.4, 0.5) is 13.2 Å². The van der Waals surface area contributed by atoms with Gasteiger partial charge in [-0.15, -0.1) is 0 Å². The molecule has 144 valence electrons. The molecule has 1 unspecified atom stereocenters. The number of guanidine groups is 1. The molecule has 2 heterocycles. The fourth-order valence-electron chi connectivity index (χ4n) is 3.52. The van der Waals surface area contributed by atoms with E-state index in [4.69, 9.17) is 10.5 Å². The van der Waals surface area contributed by atoms with Gasteiger partial charge in [-0.25, -0.2) is 0 Å². The van der Waals surface area contributed by atoms with E-state index < -0.39 is 12.7 Å². The molecule has 8 heteroatoms. The highest BCUT2D eigenvalue weighted by molar-refractivity contribution is 5.78. The Bertz CT molecular complexity index is 627. The number of benzene rings is 1. The molecular formula is C18H25F3N4O. The molecule has 5 nitrogen and oxygen atoms in total. The second-order valence-corrected chi connectivity index (χ2v) is 6.93. The van der Waals surface area contributed by atoms with Crippen LogP contribution in [0.5, 0.6) is 5.75 Å². The second kappa shape index (κ2) is 8.16. The summed E-state index contributed by atoms with van der Waals surface area (Å²) in [6.45, 7) is 1.26. The molecular weight excluding hydrogens is 345 g/mol. The molecule has 0 amide bonds. The molecule has 0 saturated carbocycles. The number of nitrogens with two attached hydrogens (primary N) is 1. The predicted octanol–water partition coefficient (Wildman–Crippen LogP) is 2.69. The van der Waals surface area contributed by atoms with Gasteiger partial charge in [-0.3, -0.25) is 9.89 Å². The van der Waals surface area contributed by atoms with E-state index in [1.165, 1.54) is 4.90 Å². The minimum Gasteiger partial charge on any atom is -0.493 e. The lowest BCUT2D eigenvalue weighted by Gasteiger charge is -2.31. The van der Waals surface area contributed by atoms with Gasteiger partial charge in [0.25, 0.3) is 0 Å². The summed E-state index contributed by atoms with van der Waals surface area (Å²) in [5.74, 6) is 1.52. The first-order valence-electron chi connectivity index (χ1n) is 8.98. The van der Waals surface area contributed by atoms with Crippen LogP contribution in [-0.4, -0.2) is 49.8 Å². The van der Waals surface area contributed by atoms with E-state index in [1.54, 1.807) is 0 Å². The molecule has 1 saturated heterocycles. The van der Waals surface area contributed by atoms with Crippen molar-refractivity contribution in [3.63, 3.8) is 0 Å². The maximum Gasteiger partial charge on any atom is 0.401 e. The van der Waals surface area contributed by atoms with Crippen LogP contribution in [0.1, 0.15) is 30.9 Å². The first-order valence-corrected chi connectivity index (χ1v) is 8.98. The van der Waals surface area contributed by atoms with Crippen LogP contribution in [0.3, 0.4) is 0 Å². The largest absolute Gasteiger partial charge is 0.493 e.